The van der Waals surface area contributed by atoms with Gasteiger partial charge in [-0.1, -0.05) is 48.0 Å². The molecule has 0 spiro atoms. The molecule has 7 nitrogen and oxygen atoms in total. The molecule has 0 fully saturated rings. The number of benzene rings is 3. The number of nitrogens with zero attached hydrogens (tertiary/aromatic N) is 1. The molecule has 32 heavy (non-hydrogen) atoms. The first-order chi connectivity index (χ1) is 15.4. The summed E-state index contributed by atoms with van der Waals surface area (Å²) in [6, 6.07) is 18.8. The van der Waals surface area contributed by atoms with Crippen molar-refractivity contribution in [2.75, 3.05) is 7.11 Å². The number of carbonyl (C=O) groups excluding carboxylic acids is 2. The van der Waals surface area contributed by atoms with E-state index in [0.29, 0.717) is 26.9 Å². The number of aliphatic hydroxyl groups excluding tert-OH is 1. The Hall–Kier alpha value is -3.49. The molecule has 1 amide bonds. The van der Waals surface area contributed by atoms with Crippen molar-refractivity contribution in [2.24, 2.45) is 5.10 Å². The van der Waals surface area contributed by atoms with Gasteiger partial charge in [0.05, 0.1) is 23.4 Å². The van der Waals surface area contributed by atoms with Gasteiger partial charge in [0.25, 0.3) is 5.91 Å². The van der Waals surface area contributed by atoms with Crippen LogP contribution >= 0.6 is 15.9 Å². The molecule has 0 unspecified atom stereocenters. The van der Waals surface area contributed by atoms with Crippen LogP contribution in [0.25, 0.3) is 0 Å². The molecule has 1 atom stereocenters. The standard InChI is InChI=1S/C24H21BrN2O5/c1-15-8-10-18(11-9-15)24(30)32-22-19(25)12-16(13-20(22)31-2)14-26-27-23(29)21(28)17-6-4-3-5-7-17/h3-14,21,28H,1-2H3,(H,27,29)/b26-14-/t21-/m0/s1. The minimum Gasteiger partial charge on any atom is -0.493 e. The molecule has 0 aliphatic heterocycles. The van der Waals surface area contributed by atoms with Gasteiger partial charge >= 0.3 is 5.97 Å². The Bertz CT molecular complexity index is 1130. The van der Waals surface area contributed by atoms with Crippen molar-refractivity contribution in [3.63, 3.8) is 0 Å². The molecule has 0 bridgehead atoms. The fourth-order valence-electron chi connectivity index (χ4n) is 2.77. The third-order valence-electron chi connectivity index (χ3n) is 4.49. The Kier molecular flexibility index (Phi) is 7.75. The van der Waals surface area contributed by atoms with Crippen LogP contribution in [0.3, 0.4) is 0 Å². The first-order valence-electron chi connectivity index (χ1n) is 9.61. The van der Waals surface area contributed by atoms with Gasteiger partial charge in [0, 0.05) is 0 Å². The lowest BCUT2D eigenvalue weighted by molar-refractivity contribution is -0.129. The first-order valence-corrected chi connectivity index (χ1v) is 10.4. The zero-order chi connectivity index (χ0) is 23.1. The number of carbonyl (C=O) groups is 2. The number of hydrazone groups is 1. The van der Waals surface area contributed by atoms with E-state index in [-0.39, 0.29) is 5.75 Å². The van der Waals surface area contributed by atoms with E-state index in [4.69, 9.17) is 9.47 Å². The van der Waals surface area contributed by atoms with Crippen LogP contribution in [0.1, 0.15) is 33.2 Å². The van der Waals surface area contributed by atoms with Crippen molar-refractivity contribution in [1.29, 1.82) is 0 Å². The lowest BCUT2D eigenvalue weighted by Crippen LogP contribution is -2.25. The zero-order valence-electron chi connectivity index (χ0n) is 17.4. The molecule has 0 aromatic heterocycles. The second-order valence-electron chi connectivity index (χ2n) is 6.84. The number of aryl methyl sites for hydroxylation is 1. The van der Waals surface area contributed by atoms with Crippen LogP contribution in [-0.2, 0) is 4.79 Å². The van der Waals surface area contributed by atoms with E-state index in [1.165, 1.54) is 13.3 Å². The molecular weight excluding hydrogens is 476 g/mol. The quantitative estimate of drug-likeness (QED) is 0.221. The van der Waals surface area contributed by atoms with Crippen LogP contribution in [0, 0.1) is 6.92 Å². The lowest BCUT2D eigenvalue weighted by atomic mass is 10.1. The highest BCUT2D eigenvalue weighted by Gasteiger charge is 2.18. The lowest BCUT2D eigenvalue weighted by Gasteiger charge is -2.12. The van der Waals surface area contributed by atoms with E-state index in [9.17, 15) is 14.7 Å². The zero-order valence-corrected chi connectivity index (χ0v) is 19.0. The number of esters is 1. The summed E-state index contributed by atoms with van der Waals surface area (Å²) in [5.74, 6) is -0.662. The third-order valence-corrected chi connectivity index (χ3v) is 5.07. The van der Waals surface area contributed by atoms with Gasteiger partial charge in [0.2, 0.25) is 0 Å². The monoisotopic (exact) mass is 496 g/mol. The molecule has 0 aliphatic carbocycles. The number of nitrogens with one attached hydrogen (secondary N) is 1. The third kappa shape index (κ3) is 5.81. The summed E-state index contributed by atoms with van der Waals surface area (Å²) in [5.41, 5.74) is 4.77. The van der Waals surface area contributed by atoms with Crippen molar-refractivity contribution in [3.05, 3.63) is 93.5 Å². The first kappa shape index (κ1) is 23.2. The second kappa shape index (κ2) is 10.7. The summed E-state index contributed by atoms with van der Waals surface area (Å²) < 4.78 is 11.3. The minimum absolute atomic E-state index is 0.221. The second-order valence-corrected chi connectivity index (χ2v) is 7.69. The summed E-state index contributed by atoms with van der Waals surface area (Å²) in [6.07, 6.45) is 0.0484. The molecule has 0 saturated carbocycles. The van der Waals surface area contributed by atoms with E-state index in [1.807, 2.05) is 19.1 Å². The Morgan fingerprint density at radius 1 is 1.09 bits per heavy atom. The number of hydrogen-bond donors (Lipinski definition) is 2. The highest BCUT2D eigenvalue weighted by molar-refractivity contribution is 9.10. The highest BCUT2D eigenvalue weighted by atomic mass is 79.9. The van der Waals surface area contributed by atoms with Crippen LogP contribution in [0.2, 0.25) is 0 Å². The predicted molar refractivity (Wildman–Crippen MR) is 124 cm³/mol. The molecule has 0 aliphatic rings. The van der Waals surface area contributed by atoms with Crippen LogP contribution in [0.5, 0.6) is 11.5 Å². The number of methoxy groups -OCH3 is 1. The summed E-state index contributed by atoms with van der Waals surface area (Å²) in [6.45, 7) is 1.93. The SMILES string of the molecule is COc1cc(/C=N\NC(=O)[C@@H](O)c2ccccc2)cc(Br)c1OC(=O)c1ccc(C)cc1. The molecule has 3 aromatic rings. The summed E-state index contributed by atoms with van der Waals surface area (Å²) >= 11 is 3.38. The van der Waals surface area contributed by atoms with Crippen molar-refractivity contribution < 1.29 is 24.2 Å². The van der Waals surface area contributed by atoms with Gasteiger partial charge in [-0.3, -0.25) is 4.79 Å². The molecule has 164 valence electrons. The maximum absolute atomic E-state index is 12.5. The van der Waals surface area contributed by atoms with Gasteiger partial charge in [0.15, 0.2) is 17.6 Å². The van der Waals surface area contributed by atoms with Gasteiger partial charge in [-0.15, -0.1) is 0 Å². The molecule has 3 aromatic carbocycles. The van der Waals surface area contributed by atoms with Gasteiger partial charge in [0.1, 0.15) is 0 Å². The smallest absolute Gasteiger partial charge is 0.343 e. The van der Waals surface area contributed by atoms with Gasteiger partial charge in [-0.25, -0.2) is 10.2 Å². The fourth-order valence-corrected chi connectivity index (χ4v) is 3.31. The average molecular weight is 497 g/mol. The molecule has 2 N–H and O–H groups in total. The summed E-state index contributed by atoms with van der Waals surface area (Å²) in [5, 5.41) is 14.0. The van der Waals surface area contributed by atoms with Crippen molar-refractivity contribution in [3.8, 4) is 11.5 Å². The van der Waals surface area contributed by atoms with Crippen LogP contribution in [0.15, 0.2) is 76.3 Å². The fraction of sp³-hybridized carbons (Fsp3) is 0.125. The van der Waals surface area contributed by atoms with Crippen molar-refractivity contribution >= 4 is 34.0 Å². The summed E-state index contributed by atoms with van der Waals surface area (Å²) in [7, 11) is 1.45. The maximum atomic E-state index is 12.5. The maximum Gasteiger partial charge on any atom is 0.343 e. The van der Waals surface area contributed by atoms with Crippen molar-refractivity contribution in [2.45, 2.75) is 13.0 Å². The minimum atomic E-state index is -1.34. The molecule has 0 radical (unpaired) electrons. The number of rotatable bonds is 7. The number of ether oxygens (including phenoxy) is 2. The Morgan fingerprint density at radius 2 is 1.78 bits per heavy atom. The van der Waals surface area contributed by atoms with Crippen molar-refractivity contribution in [1.82, 2.24) is 5.43 Å². The summed E-state index contributed by atoms with van der Waals surface area (Å²) in [4.78, 5) is 24.6. The number of hydrogen-bond acceptors (Lipinski definition) is 6. The highest BCUT2D eigenvalue weighted by Crippen LogP contribution is 2.36. The van der Waals surface area contributed by atoms with Gasteiger partial charge in [-0.2, -0.15) is 5.10 Å². The Balaban J connectivity index is 1.71. The molecule has 3 rings (SSSR count). The van der Waals surface area contributed by atoms with E-state index in [0.717, 1.165) is 5.56 Å². The predicted octanol–water partition coefficient (Wildman–Crippen LogP) is 4.17. The molecule has 0 saturated heterocycles. The Morgan fingerprint density at radius 3 is 2.44 bits per heavy atom. The van der Waals surface area contributed by atoms with E-state index >= 15 is 0 Å². The normalized spacial score (nSPS) is 11.8. The van der Waals surface area contributed by atoms with Crippen LogP contribution in [-0.4, -0.2) is 30.3 Å². The largest absolute Gasteiger partial charge is 0.493 e. The molecular formula is C24H21BrN2O5. The number of amides is 1. The average Bonchev–Trinajstić information content (AvgIpc) is 2.80. The van der Waals surface area contributed by atoms with E-state index in [2.05, 4.69) is 26.5 Å². The molecule has 8 heteroatoms. The van der Waals surface area contributed by atoms with E-state index in [1.54, 1.807) is 54.6 Å². The molecule has 0 heterocycles. The van der Waals surface area contributed by atoms with Crippen LogP contribution in [0.4, 0.5) is 0 Å². The number of halogens is 1. The number of aliphatic hydroxyl groups is 1. The topological polar surface area (TPSA) is 97.2 Å². The van der Waals surface area contributed by atoms with Crippen LogP contribution < -0.4 is 14.9 Å². The van der Waals surface area contributed by atoms with Gasteiger partial charge in [-0.05, 0) is 58.2 Å². The van der Waals surface area contributed by atoms with E-state index < -0.39 is 18.0 Å². The van der Waals surface area contributed by atoms with Gasteiger partial charge < -0.3 is 14.6 Å². The Labute approximate surface area is 193 Å².